The van der Waals surface area contributed by atoms with Crippen molar-refractivity contribution in [2.45, 2.75) is 39.5 Å². The molecule has 0 unspecified atom stereocenters. The highest BCUT2D eigenvalue weighted by Crippen LogP contribution is 2.57. The molecule has 1 fully saturated rings. The van der Waals surface area contributed by atoms with Crippen molar-refractivity contribution in [3.63, 3.8) is 0 Å². The van der Waals surface area contributed by atoms with Crippen LogP contribution in [-0.2, 0) is 31.7 Å². The summed E-state index contributed by atoms with van der Waals surface area (Å²) in [6, 6.07) is 0. The van der Waals surface area contributed by atoms with E-state index in [0.717, 1.165) is 25.7 Å². The lowest BCUT2D eigenvalue weighted by Gasteiger charge is -2.24. The SMILES string of the molecule is CCCCOP(=O)(COP1(=O)OC[C]CO1)OCCCC. The predicted octanol–water partition coefficient (Wildman–Crippen LogP) is 4.02. The van der Waals surface area contributed by atoms with Gasteiger partial charge < -0.3 is 9.05 Å². The van der Waals surface area contributed by atoms with Gasteiger partial charge in [0.15, 0.2) is 6.35 Å². The Morgan fingerprint density at radius 3 is 2.10 bits per heavy atom. The molecule has 0 aromatic carbocycles. The third-order valence-corrected chi connectivity index (χ3v) is 5.73. The van der Waals surface area contributed by atoms with Crippen molar-refractivity contribution in [2.24, 2.45) is 0 Å². The second-order valence-corrected chi connectivity index (χ2v) is 8.15. The second kappa shape index (κ2) is 10.1. The van der Waals surface area contributed by atoms with Crippen LogP contribution < -0.4 is 0 Å². The second-order valence-electron chi connectivity index (χ2n) is 4.49. The lowest BCUT2D eigenvalue weighted by Crippen LogP contribution is -2.12. The molecule has 2 radical (unpaired) electrons. The van der Waals surface area contributed by atoms with Gasteiger partial charge >= 0.3 is 15.4 Å². The van der Waals surface area contributed by atoms with Crippen LogP contribution in [-0.4, -0.2) is 32.8 Å². The van der Waals surface area contributed by atoms with E-state index in [1.807, 2.05) is 13.8 Å². The van der Waals surface area contributed by atoms with E-state index in [9.17, 15) is 9.13 Å². The minimum Gasteiger partial charge on any atom is -0.307 e. The summed E-state index contributed by atoms with van der Waals surface area (Å²) in [6.45, 7) is 4.70. The van der Waals surface area contributed by atoms with E-state index in [-0.39, 0.29) is 13.2 Å². The quantitative estimate of drug-likeness (QED) is 0.414. The van der Waals surface area contributed by atoms with Crippen molar-refractivity contribution in [1.29, 1.82) is 0 Å². The van der Waals surface area contributed by atoms with E-state index >= 15 is 0 Å². The van der Waals surface area contributed by atoms with Gasteiger partial charge in [-0.05, 0) is 12.8 Å². The predicted molar refractivity (Wildman–Crippen MR) is 78.0 cm³/mol. The van der Waals surface area contributed by atoms with Gasteiger partial charge in [-0.25, -0.2) is 4.57 Å². The average Bonchev–Trinajstić information content (AvgIpc) is 2.47. The maximum Gasteiger partial charge on any atom is 0.475 e. The third kappa shape index (κ3) is 7.89. The molecule has 1 rings (SSSR count). The Labute approximate surface area is 126 Å². The standard InChI is InChI=1S/C12H24O7P2/c1-3-5-8-15-20(13,16-9-6-4-2)12-19-21(14)17-10-7-11-18-21/h3-6,8-12H2,1-2H3. The van der Waals surface area contributed by atoms with E-state index < -0.39 is 21.8 Å². The Morgan fingerprint density at radius 2 is 1.62 bits per heavy atom. The van der Waals surface area contributed by atoms with Crippen molar-refractivity contribution < 1.29 is 31.7 Å². The molecule has 0 saturated carbocycles. The molecule has 0 bridgehead atoms. The van der Waals surface area contributed by atoms with E-state index in [2.05, 4.69) is 6.42 Å². The molecule has 0 N–H and O–H groups in total. The van der Waals surface area contributed by atoms with E-state index in [4.69, 9.17) is 22.6 Å². The number of phosphoric acid groups is 1. The van der Waals surface area contributed by atoms with Crippen molar-refractivity contribution in [2.75, 3.05) is 32.8 Å². The summed E-state index contributed by atoms with van der Waals surface area (Å²) in [5.74, 6) is 0. The summed E-state index contributed by atoms with van der Waals surface area (Å²) in [7, 11) is -7.15. The van der Waals surface area contributed by atoms with Crippen LogP contribution >= 0.6 is 15.4 Å². The fourth-order valence-corrected chi connectivity index (χ4v) is 4.24. The van der Waals surface area contributed by atoms with E-state index in [1.165, 1.54) is 0 Å². The Bertz CT molecular complexity index is 351. The molecule has 21 heavy (non-hydrogen) atoms. The first-order valence-corrected chi connectivity index (χ1v) is 10.3. The molecule has 0 aromatic rings. The van der Waals surface area contributed by atoms with Gasteiger partial charge in [-0.3, -0.25) is 18.1 Å². The zero-order valence-electron chi connectivity index (χ0n) is 12.6. The normalized spacial score (nSPS) is 18.8. The highest BCUT2D eigenvalue weighted by molar-refractivity contribution is 7.55. The third-order valence-electron chi connectivity index (χ3n) is 2.60. The Kier molecular flexibility index (Phi) is 9.30. The van der Waals surface area contributed by atoms with Crippen LogP contribution in [0.5, 0.6) is 0 Å². The molecule has 0 atom stereocenters. The molecule has 1 aliphatic heterocycles. The summed E-state index contributed by atoms with van der Waals surface area (Å²) in [6.07, 6.45) is 5.58. The van der Waals surface area contributed by atoms with Gasteiger partial charge in [-0.15, -0.1) is 0 Å². The van der Waals surface area contributed by atoms with Crippen molar-refractivity contribution in [1.82, 2.24) is 0 Å². The van der Waals surface area contributed by atoms with E-state index in [1.54, 1.807) is 0 Å². The molecule has 1 aliphatic rings. The van der Waals surface area contributed by atoms with Crippen LogP contribution in [0.4, 0.5) is 0 Å². The van der Waals surface area contributed by atoms with Crippen LogP contribution in [0.15, 0.2) is 0 Å². The summed E-state index contributed by atoms with van der Waals surface area (Å²) in [5.41, 5.74) is 0. The first kappa shape index (κ1) is 19.3. The maximum absolute atomic E-state index is 12.5. The van der Waals surface area contributed by atoms with E-state index in [0.29, 0.717) is 13.2 Å². The van der Waals surface area contributed by atoms with Crippen LogP contribution in [0.25, 0.3) is 0 Å². The van der Waals surface area contributed by atoms with Crippen LogP contribution in [0, 0.1) is 6.42 Å². The number of hydrogen-bond donors (Lipinski definition) is 0. The lowest BCUT2D eigenvalue weighted by atomic mass is 10.4. The van der Waals surface area contributed by atoms with Crippen LogP contribution in [0.3, 0.4) is 0 Å². The lowest BCUT2D eigenvalue weighted by molar-refractivity contribution is 0.0997. The summed E-state index contributed by atoms with van der Waals surface area (Å²) in [4.78, 5) is 0. The number of phosphoric ester groups is 1. The summed E-state index contributed by atoms with van der Waals surface area (Å²) < 4.78 is 50.0. The topological polar surface area (TPSA) is 80.3 Å². The highest BCUT2D eigenvalue weighted by Gasteiger charge is 2.35. The minimum absolute atomic E-state index is 0.0506. The van der Waals surface area contributed by atoms with Crippen molar-refractivity contribution in [3.05, 3.63) is 6.42 Å². The van der Waals surface area contributed by atoms with Gasteiger partial charge in [0, 0.05) is 6.42 Å². The van der Waals surface area contributed by atoms with Gasteiger partial charge in [0.25, 0.3) is 0 Å². The van der Waals surface area contributed by atoms with Gasteiger partial charge in [-0.1, -0.05) is 26.7 Å². The Morgan fingerprint density at radius 1 is 1.10 bits per heavy atom. The first-order valence-electron chi connectivity index (χ1n) is 7.16. The molecule has 0 aliphatic carbocycles. The smallest absolute Gasteiger partial charge is 0.307 e. The zero-order valence-corrected chi connectivity index (χ0v) is 14.4. The molecule has 9 heteroatoms. The van der Waals surface area contributed by atoms with Crippen LogP contribution in [0.1, 0.15) is 39.5 Å². The van der Waals surface area contributed by atoms with Gasteiger partial charge in [-0.2, -0.15) is 0 Å². The van der Waals surface area contributed by atoms with Crippen LogP contribution in [0.2, 0.25) is 0 Å². The fraction of sp³-hybridized carbons (Fsp3) is 0.917. The Hall–Kier alpha value is 0.260. The molecule has 124 valence electrons. The molecule has 0 spiro atoms. The number of rotatable bonds is 11. The maximum atomic E-state index is 12.5. The highest BCUT2D eigenvalue weighted by atomic mass is 31.2. The zero-order chi connectivity index (χ0) is 15.6. The largest absolute Gasteiger partial charge is 0.475 e. The molecular weight excluding hydrogens is 318 g/mol. The number of hydrogen-bond acceptors (Lipinski definition) is 7. The van der Waals surface area contributed by atoms with Gasteiger partial charge in [0.05, 0.1) is 26.4 Å². The van der Waals surface area contributed by atoms with Gasteiger partial charge in [0.2, 0.25) is 0 Å². The average molecular weight is 342 g/mol. The number of unbranched alkanes of at least 4 members (excludes halogenated alkanes) is 2. The molecule has 0 amide bonds. The molecule has 0 aromatic heterocycles. The molecule has 1 heterocycles. The summed E-state index contributed by atoms with van der Waals surface area (Å²) in [5, 5.41) is 0. The monoisotopic (exact) mass is 342 g/mol. The first-order chi connectivity index (χ1) is 10.0. The Balaban J connectivity index is 2.49. The fourth-order valence-electron chi connectivity index (χ4n) is 1.35. The summed E-state index contributed by atoms with van der Waals surface area (Å²) >= 11 is 0. The molecular formula is C12H24O7P2. The minimum atomic E-state index is -3.68. The van der Waals surface area contributed by atoms with Gasteiger partial charge in [0.1, 0.15) is 0 Å². The van der Waals surface area contributed by atoms with Crippen molar-refractivity contribution >= 4 is 15.4 Å². The van der Waals surface area contributed by atoms with Crippen molar-refractivity contribution in [3.8, 4) is 0 Å². The molecule has 7 nitrogen and oxygen atoms in total. The molecule has 1 saturated heterocycles.